The number of carbonyl (C=O) groups excluding carboxylic acids is 1. The van der Waals surface area contributed by atoms with Gasteiger partial charge in [-0.3, -0.25) is 4.79 Å². The quantitative estimate of drug-likeness (QED) is 0.554. The first-order valence-corrected chi connectivity index (χ1v) is 11.8. The van der Waals surface area contributed by atoms with Crippen LogP contribution in [0.3, 0.4) is 0 Å². The summed E-state index contributed by atoms with van der Waals surface area (Å²) in [6.45, 7) is 10.8. The molecule has 1 aromatic carbocycles. The van der Waals surface area contributed by atoms with Gasteiger partial charge in [0.1, 0.15) is 18.0 Å². The molecular weight excluding hydrogens is 416 g/mol. The number of hydrogen-bond donors (Lipinski definition) is 1. The van der Waals surface area contributed by atoms with Crippen LogP contribution in [0.2, 0.25) is 0 Å². The number of hydrogen-bond acceptors (Lipinski definition) is 7. The molecule has 2 aliphatic rings. The van der Waals surface area contributed by atoms with Gasteiger partial charge in [0.2, 0.25) is 5.91 Å². The fourth-order valence-corrected chi connectivity index (χ4v) is 4.73. The van der Waals surface area contributed by atoms with E-state index in [4.69, 9.17) is 4.74 Å². The third-order valence-corrected chi connectivity index (χ3v) is 6.24. The van der Waals surface area contributed by atoms with Gasteiger partial charge in [0.15, 0.2) is 0 Å². The summed E-state index contributed by atoms with van der Waals surface area (Å²) in [7, 11) is 0. The summed E-state index contributed by atoms with van der Waals surface area (Å²) in [5.41, 5.74) is 3.40. The molecule has 8 heteroatoms. The molecule has 3 heterocycles. The van der Waals surface area contributed by atoms with Gasteiger partial charge in [0, 0.05) is 50.4 Å². The average Bonchev–Trinajstić information content (AvgIpc) is 2.82. The minimum atomic E-state index is -0.0978. The number of nitrogens with zero attached hydrogens (tertiary/aromatic N) is 5. The number of anilines is 2. The van der Waals surface area contributed by atoms with Crippen molar-refractivity contribution in [2.45, 2.75) is 40.0 Å². The van der Waals surface area contributed by atoms with Gasteiger partial charge in [-0.05, 0) is 57.2 Å². The van der Waals surface area contributed by atoms with Crippen LogP contribution in [0, 0.1) is 5.92 Å². The van der Waals surface area contributed by atoms with E-state index in [1.807, 2.05) is 6.20 Å². The summed E-state index contributed by atoms with van der Waals surface area (Å²) >= 11 is 0. The number of morpholine rings is 1. The molecule has 4 rings (SSSR count). The lowest BCUT2D eigenvalue weighted by Crippen LogP contribution is -2.36. The lowest BCUT2D eigenvalue weighted by Gasteiger charge is -2.34. The molecule has 1 aromatic heterocycles. The third kappa shape index (κ3) is 6.07. The molecule has 2 aromatic rings. The second kappa shape index (κ2) is 10.7. The van der Waals surface area contributed by atoms with E-state index < -0.39 is 0 Å². The van der Waals surface area contributed by atoms with Crippen molar-refractivity contribution < 1.29 is 9.53 Å². The summed E-state index contributed by atoms with van der Waals surface area (Å²) in [5.74, 6) is 2.10. The molecule has 1 unspecified atom stereocenters. The molecule has 1 atom stereocenters. The maximum absolute atomic E-state index is 11.1. The maximum atomic E-state index is 11.1. The number of fused-ring (bicyclic) bond motifs is 1. The number of aliphatic imine (C=N–C) groups is 1. The highest BCUT2D eigenvalue weighted by Crippen LogP contribution is 2.31. The summed E-state index contributed by atoms with van der Waals surface area (Å²) in [4.78, 5) is 29.5. The minimum Gasteiger partial charge on any atom is -0.378 e. The van der Waals surface area contributed by atoms with Crippen LogP contribution in [0.4, 0.5) is 11.5 Å². The van der Waals surface area contributed by atoms with Gasteiger partial charge in [0.25, 0.3) is 0 Å². The average molecular weight is 451 g/mol. The number of rotatable bonds is 5. The molecular formula is C25H34N6O2. The first kappa shape index (κ1) is 23.2. The minimum absolute atomic E-state index is 0.0978. The Bertz CT molecular complexity index is 1040. The smallest absolute Gasteiger partial charge is 0.222 e. The fourth-order valence-electron chi connectivity index (χ4n) is 4.73. The second-order valence-electron chi connectivity index (χ2n) is 9.03. The van der Waals surface area contributed by atoms with E-state index in [2.05, 4.69) is 55.2 Å². The molecule has 1 N–H and O–H groups in total. The van der Waals surface area contributed by atoms with Crippen LogP contribution < -0.4 is 15.1 Å². The molecule has 2 fully saturated rings. The highest BCUT2D eigenvalue weighted by molar-refractivity contribution is 5.96. The Morgan fingerprint density at radius 2 is 2.00 bits per heavy atom. The van der Waals surface area contributed by atoms with E-state index in [9.17, 15) is 4.79 Å². The van der Waals surface area contributed by atoms with Crippen molar-refractivity contribution in [2.75, 3.05) is 49.2 Å². The highest BCUT2D eigenvalue weighted by Gasteiger charge is 2.23. The SMILES string of the molecule is CC(=O)N/C(C)=N/C=C(\C)CC1CCCN(c2ncnc3cc(N4CCOCC4)ccc23)C1. The summed E-state index contributed by atoms with van der Waals surface area (Å²) in [5, 5.41) is 3.82. The van der Waals surface area contributed by atoms with Crippen LogP contribution in [0.5, 0.6) is 0 Å². The zero-order valence-corrected chi connectivity index (χ0v) is 19.9. The predicted octanol–water partition coefficient (Wildman–Crippen LogP) is 3.53. The van der Waals surface area contributed by atoms with Gasteiger partial charge in [-0.2, -0.15) is 0 Å². The van der Waals surface area contributed by atoms with Crippen LogP contribution in [-0.4, -0.2) is 61.1 Å². The molecule has 2 aliphatic heterocycles. The number of aromatic nitrogens is 2. The Morgan fingerprint density at radius 1 is 1.18 bits per heavy atom. The number of benzene rings is 1. The van der Waals surface area contributed by atoms with Crippen molar-refractivity contribution in [3.63, 3.8) is 0 Å². The molecule has 0 aliphatic carbocycles. The Labute approximate surface area is 195 Å². The lowest BCUT2D eigenvalue weighted by atomic mass is 9.91. The number of piperidine rings is 1. The standard InChI is InChI=1S/C25H34N6O2/c1-18(15-26-19(2)29-20(3)32)13-21-5-4-8-31(16-21)25-23-7-6-22(14-24(23)27-17-28-25)30-9-11-33-12-10-30/h6-7,14-15,17,21H,4-5,8-13,16H2,1-3H3,(H,26,29,32)/b18-15+. The van der Waals surface area contributed by atoms with Crippen molar-refractivity contribution in [2.24, 2.45) is 10.9 Å². The van der Waals surface area contributed by atoms with E-state index in [-0.39, 0.29) is 5.91 Å². The van der Waals surface area contributed by atoms with Crippen molar-refractivity contribution in [3.05, 3.63) is 36.3 Å². The van der Waals surface area contributed by atoms with E-state index in [0.29, 0.717) is 11.8 Å². The van der Waals surface area contributed by atoms with Crippen LogP contribution in [0.15, 0.2) is 41.3 Å². The van der Waals surface area contributed by atoms with Gasteiger partial charge in [-0.15, -0.1) is 0 Å². The molecule has 176 valence electrons. The van der Waals surface area contributed by atoms with Crippen molar-refractivity contribution in [1.82, 2.24) is 15.3 Å². The van der Waals surface area contributed by atoms with E-state index in [1.54, 1.807) is 13.3 Å². The first-order chi connectivity index (χ1) is 16.0. The topological polar surface area (TPSA) is 83.0 Å². The highest BCUT2D eigenvalue weighted by atomic mass is 16.5. The molecule has 0 bridgehead atoms. The Kier molecular flexibility index (Phi) is 7.54. The van der Waals surface area contributed by atoms with Crippen molar-refractivity contribution >= 4 is 34.2 Å². The van der Waals surface area contributed by atoms with Gasteiger partial charge in [0.05, 0.1) is 18.7 Å². The predicted molar refractivity (Wildman–Crippen MR) is 133 cm³/mol. The number of nitrogens with one attached hydrogen (secondary N) is 1. The van der Waals surface area contributed by atoms with Crippen molar-refractivity contribution in [3.8, 4) is 0 Å². The van der Waals surface area contributed by atoms with Crippen LogP contribution in [0.25, 0.3) is 10.9 Å². The van der Waals surface area contributed by atoms with E-state index >= 15 is 0 Å². The summed E-state index contributed by atoms with van der Waals surface area (Å²) < 4.78 is 5.48. The van der Waals surface area contributed by atoms with Gasteiger partial charge < -0.3 is 19.9 Å². The molecule has 1 amide bonds. The molecule has 0 saturated carbocycles. The number of carbonyl (C=O) groups is 1. The fraction of sp³-hybridized carbons (Fsp3) is 0.520. The maximum Gasteiger partial charge on any atom is 0.222 e. The summed E-state index contributed by atoms with van der Waals surface area (Å²) in [6, 6.07) is 6.53. The third-order valence-electron chi connectivity index (χ3n) is 6.24. The van der Waals surface area contributed by atoms with Gasteiger partial charge >= 0.3 is 0 Å². The number of amides is 1. The molecule has 8 nitrogen and oxygen atoms in total. The molecule has 33 heavy (non-hydrogen) atoms. The molecule has 0 spiro atoms. The van der Waals surface area contributed by atoms with E-state index in [0.717, 1.165) is 69.0 Å². The van der Waals surface area contributed by atoms with Crippen LogP contribution in [-0.2, 0) is 9.53 Å². The Morgan fingerprint density at radius 3 is 2.79 bits per heavy atom. The van der Waals surface area contributed by atoms with Gasteiger partial charge in [-0.25, -0.2) is 15.0 Å². The van der Waals surface area contributed by atoms with Crippen LogP contribution >= 0.6 is 0 Å². The summed E-state index contributed by atoms with van der Waals surface area (Å²) in [6.07, 6.45) is 6.88. The number of ether oxygens (including phenoxy) is 1. The van der Waals surface area contributed by atoms with Crippen molar-refractivity contribution in [1.29, 1.82) is 0 Å². The lowest BCUT2D eigenvalue weighted by molar-refractivity contribution is -0.117. The Balaban J connectivity index is 1.46. The monoisotopic (exact) mass is 450 g/mol. The largest absolute Gasteiger partial charge is 0.378 e. The zero-order valence-electron chi connectivity index (χ0n) is 19.9. The Hall–Kier alpha value is -3.00. The molecule has 0 radical (unpaired) electrons. The normalized spacial score (nSPS) is 20.3. The van der Waals surface area contributed by atoms with Crippen LogP contribution in [0.1, 0.15) is 40.0 Å². The second-order valence-corrected chi connectivity index (χ2v) is 9.03. The van der Waals surface area contributed by atoms with Gasteiger partial charge in [-0.1, -0.05) is 5.57 Å². The van der Waals surface area contributed by atoms with E-state index in [1.165, 1.54) is 24.6 Å². The number of allylic oxidation sites excluding steroid dienone is 1. The molecule has 2 saturated heterocycles. The zero-order chi connectivity index (χ0) is 23.2. The first-order valence-electron chi connectivity index (χ1n) is 11.8. The number of amidine groups is 1.